The molecule has 2 aromatic carbocycles. The molecule has 2 rings (SSSR count). The molecule has 2 aromatic rings. The average Bonchev–Trinajstić information content (AvgIpc) is 2.47. The van der Waals surface area contributed by atoms with Crippen molar-refractivity contribution >= 4 is 17.6 Å². The van der Waals surface area contributed by atoms with Crippen LogP contribution in [0.1, 0.15) is 22.0 Å². The van der Waals surface area contributed by atoms with Crippen LogP contribution in [-0.2, 0) is 4.79 Å². The van der Waals surface area contributed by atoms with Gasteiger partial charge in [-0.05, 0) is 23.8 Å². The van der Waals surface area contributed by atoms with Crippen LogP contribution >= 0.6 is 0 Å². The zero-order valence-electron chi connectivity index (χ0n) is 10.6. The third kappa shape index (κ3) is 3.21. The molecule has 0 aliphatic heterocycles. The van der Waals surface area contributed by atoms with E-state index in [4.69, 9.17) is 10.8 Å². The zero-order valence-corrected chi connectivity index (χ0v) is 10.6. The van der Waals surface area contributed by atoms with Gasteiger partial charge in [0.25, 0.3) is 0 Å². The molecule has 1 unspecified atom stereocenters. The summed E-state index contributed by atoms with van der Waals surface area (Å²) in [6.45, 7) is 0. The zero-order chi connectivity index (χ0) is 14.5. The molecule has 0 fully saturated rings. The molecule has 5 nitrogen and oxygen atoms in total. The smallest absolute Gasteiger partial charge is 0.335 e. The lowest BCUT2D eigenvalue weighted by atomic mass is 10.1. The van der Waals surface area contributed by atoms with Gasteiger partial charge in [-0.3, -0.25) is 4.79 Å². The molecule has 5 heteroatoms. The van der Waals surface area contributed by atoms with Crippen LogP contribution < -0.4 is 11.1 Å². The summed E-state index contributed by atoms with van der Waals surface area (Å²) < 4.78 is 0. The summed E-state index contributed by atoms with van der Waals surface area (Å²) in [5, 5.41) is 11.5. The number of hydrogen-bond donors (Lipinski definition) is 3. The Labute approximate surface area is 116 Å². The first-order chi connectivity index (χ1) is 9.58. The quantitative estimate of drug-likeness (QED) is 0.792. The maximum Gasteiger partial charge on any atom is 0.335 e. The minimum Gasteiger partial charge on any atom is -0.478 e. The highest BCUT2D eigenvalue weighted by Crippen LogP contribution is 2.15. The predicted octanol–water partition coefficient (Wildman–Crippen LogP) is 2.02. The first-order valence-corrected chi connectivity index (χ1v) is 6.02. The number of carbonyl (C=O) groups excluding carboxylic acids is 1. The van der Waals surface area contributed by atoms with E-state index < -0.39 is 17.9 Å². The molecule has 0 spiro atoms. The topological polar surface area (TPSA) is 92.4 Å². The van der Waals surface area contributed by atoms with Crippen molar-refractivity contribution in [3.8, 4) is 0 Å². The van der Waals surface area contributed by atoms with Gasteiger partial charge in [0.1, 0.15) is 6.04 Å². The lowest BCUT2D eigenvalue weighted by Crippen LogP contribution is -2.27. The average molecular weight is 270 g/mol. The van der Waals surface area contributed by atoms with Crippen molar-refractivity contribution in [3.63, 3.8) is 0 Å². The number of rotatable bonds is 4. The highest BCUT2D eigenvalue weighted by Gasteiger charge is 2.15. The van der Waals surface area contributed by atoms with Gasteiger partial charge in [-0.25, -0.2) is 4.79 Å². The van der Waals surface area contributed by atoms with Crippen LogP contribution in [0.15, 0.2) is 54.6 Å². The number of carboxylic acid groups (broad SMARTS) is 1. The third-order valence-electron chi connectivity index (χ3n) is 2.82. The standard InChI is InChI=1S/C15H14N2O3/c16-13(10-5-2-1-3-6-10)14(18)17-12-8-4-7-11(9-12)15(19)20/h1-9,13H,16H2,(H,17,18)(H,19,20). The Hall–Kier alpha value is -2.66. The number of hydrogen-bond acceptors (Lipinski definition) is 3. The molecular formula is C15H14N2O3. The fraction of sp³-hybridized carbons (Fsp3) is 0.0667. The van der Waals surface area contributed by atoms with E-state index in [0.29, 0.717) is 11.3 Å². The van der Waals surface area contributed by atoms with E-state index in [1.807, 2.05) is 6.07 Å². The van der Waals surface area contributed by atoms with E-state index in [1.54, 1.807) is 36.4 Å². The van der Waals surface area contributed by atoms with Crippen LogP contribution in [0.2, 0.25) is 0 Å². The first-order valence-electron chi connectivity index (χ1n) is 6.02. The predicted molar refractivity (Wildman–Crippen MR) is 75.4 cm³/mol. The molecule has 0 saturated carbocycles. The van der Waals surface area contributed by atoms with Gasteiger partial charge in [0.15, 0.2) is 0 Å². The fourth-order valence-corrected chi connectivity index (χ4v) is 1.76. The monoisotopic (exact) mass is 270 g/mol. The molecule has 1 atom stereocenters. The molecule has 4 N–H and O–H groups in total. The highest BCUT2D eigenvalue weighted by atomic mass is 16.4. The Bertz CT molecular complexity index is 626. The SMILES string of the molecule is NC(C(=O)Nc1cccc(C(=O)O)c1)c1ccccc1. The first kappa shape index (κ1) is 13.8. The molecule has 0 aromatic heterocycles. The Morgan fingerprint density at radius 2 is 1.75 bits per heavy atom. The number of anilines is 1. The van der Waals surface area contributed by atoms with Crippen molar-refractivity contribution in [2.45, 2.75) is 6.04 Å². The molecule has 0 radical (unpaired) electrons. The summed E-state index contributed by atoms with van der Waals surface area (Å²) >= 11 is 0. The number of nitrogens with two attached hydrogens (primary N) is 1. The maximum absolute atomic E-state index is 12.0. The van der Waals surface area contributed by atoms with Gasteiger partial charge in [0.2, 0.25) is 5.91 Å². The fourth-order valence-electron chi connectivity index (χ4n) is 1.76. The summed E-state index contributed by atoms with van der Waals surface area (Å²) in [6, 6.07) is 14.2. The Morgan fingerprint density at radius 3 is 2.40 bits per heavy atom. The lowest BCUT2D eigenvalue weighted by molar-refractivity contribution is -0.117. The van der Waals surface area contributed by atoms with Crippen LogP contribution in [0.3, 0.4) is 0 Å². The summed E-state index contributed by atoms with van der Waals surface area (Å²) in [5.41, 5.74) is 7.06. The van der Waals surface area contributed by atoms with Crippen molar-refractivity contribution in [1.82, 2.24) is 0 Å². The second-order valence-electron chi connectivity index (χ2n) is 4.26. The highest BCUT2D eigenvalue weighted by molar-refractivity contribution is 5.97. The van der Waals surface area contributed by atoms with Gasteiger partial charge in [-0.1, -0.05) is 36.4 Å². The molecular weight excluding hydrogens is 256 g/mol. The summed E-state index contributed by atoms with van der Waals surface area (Å²) in [7, 11) is 0. The van der Waals surface area contributed by atoms with E-state index in [0.717, 1.165) is 0 Å². The van der Waals surface area contributed by atoms with E-state index in [2.05, 4.69) is 5.32 Å². The normalized spacial score (nSPS) is 11.7. The molecule has 0 saturated heterocycles. The van der Waals surface area contributed by atoms with Crippen LogP contribution in [0.25, 0.3) is 0 Å². The maximum atomic E-state index is 12.0. The Kier molecular flexibility index (Phi) is 4.12. The van der Waals surface area contributed by atoms with Gasteiger partial charge < -0.3 is 16.2 Å². The molecule has 102 valence electrons. The van der Waals surface area contributed by atoms with Gasteiger partial charge in [0.05, 0.1) is 5.56 Å². The molecule has 0 bridgehead atoms. The number of benzene rings is 2. The number of amides is 1. The number of nitrogens with one attached hydrogen (secondary N) is 1. The van der Waals surface area contributed by atoms with Crippen LogP contribution in [0, 0.1) is 0 Å². The van der Waals surface area contributed by atoms with Crippen molar-refractivity contribution in [2.75, 3.05) is 5.32 Å². The van der Waals surface area contributed by atoms with Gasteiger partial charge >= 0.3 is 5.97 Å². The lowest BCUT2D eigenvalue weighted by Gasteiger charge is -2.12. The van der Waals surface area contributed by atoms with E-state index in [9.17, 15) is 9.59 Å². The number of carboxylic acids is 1. The summed E-state index contributed by atoms with van der Waals surface area (Å²) in [5.74, 6) is -1.44. The minimum absolute atomic E-state index is 0.107. The number of carbonyl (C=O) groups is 2. The molecule has 0 aliphatic carbocycles. The molecule has 20 heavy (non-hydrogen) atoms. The van der Waals surface area contributed by atoms with Crippen molar-refractivity contribution < 1.29 is 14.7 Å². The Morgan fingerprint density at radius 1 is 1.05 bits per heavy atom. The molecule has 0 heterocycles. The summed E-state index contributed by atoms with van der Waals surface area (Å²) in [6.07, 6.45) is 0. The van der Waals surface area contributed by atoms with Gasteiger partial charge in [-0.2, -0.15) is 0 Å². The van der Waals surface area contributed by atoms with E-state index in [1.165, 1.54) is 12.1 Å². The van der Waals surface area contributed by atoms with Crippen molar-refractivity contribution in [3.05, 3.63) is 65.7 Å². The van der Waals surface area contributed by atoms with Gasteiger partial charge in [-0.15, -0.1) is 0 Å². The van der Waals surface area contributed by atoms with Crippen molar-refractivity contribution in [2.24, 2.45) is 5.73 Å². The van der Waals surface area contributed by atoms with Crippen LogP contribution in [-0.4, -0.2) is 17.0 Å². The van der Waals surface area contributed by atoms with Crippen molar-refractivity contribution in [1.29, 1.82) is 0 Å². The second kappa shape index (κ2) is 5.99. The third-order valence-corrected chi connectivity index (χ3v) is 2.82. The second-order valence-corrected chi connectivity index (χ2v) is 4.26. The number of aromatic carboxylic acids is 1. The van der Waals surface area contributed by atoms with E-state index in [-0.39, 0.29) is 5.56 Å². The van der Waals surface area contributed by atoms with E-state index >= 15 is 0 Å². The minimum atomic E-state index is -1.05. The largest absolute Gasteiger partial charge is 0.478 e. The van der Waals surface area contributed by atoms with Gasteiger partial charge in [0, 0.05) is 5.69 Å². The molecule has 0 aliphatic rings. The van der Waals surface area contributed by atoms with Crippen LogP contribution in [0.5, 0.6) is 0 Å². The Balaban J connectivity index is 2.12. The molecule has 1 amide bonds. The van der Waals surface area contributed by atoms with Crippen LogP contribution in [0.4, 0.5) is 5.69 Å². The summed E-state index contributed by atoms with van der Waals surface area (Å²) in [4.78, 5) is 22.9.